The molecule has 2 N–H and O–H groups in total. The maximum atomic E-state index is 11.6. The Bertz CT molecular complexity index is 570. The van der Waals surface area contributed by atoms with E-state index in [-0.39, 0.29) is 11.9 Å². The number of hydrogen-bond acceptors (Lipinski definition) is 3. The van der Waals surface area contributed by atoms with Crippen molar-refractivity contribution in [1.82, 2.24) is 5.32 Å². The molecule has 0 saturated carbocycles. The highest BCUT2D eigenvalue weighted by Crippen LogP contribution is 2.29. The van der Waals surface area contributed by atoms with Crippen LogP contribution in [0.1, 0.15) is 6.92 Å². The van der Waals surface area contributed by atoms with Crippen LogP contribution in [-0.2, 0) is 4.79 Å². The van der Waals surface area contributed by atoms with Crippen LogP contribution in [0.15, 0.2) is 54.6 Å². The summed E-state index contributed by atoms with van der Waals surface area (Å²) in [4.78, 5) is 11.6. The van der Waals surface area contributed by atoms with Crippen molar-refractivity contribution in [1.29, 1.82) is 0 Å². The molecule has 0 radical (unpaired) electrons. The summed E-state index contributed by atoms with van der Waals surface area (Å²) in [5, 5.41) is 5.76. The van der Waals surface area contributed by atoms with Gasteiger partial charge in [0, 0.05) is 7.05 Å². The molecule has 0 unspecified atom stereocenters. The monoisotopic (exact) mass is 270 g/mol. The summed E-state index contributed by atoms with van der Waals surface area (Å²) in [7, 11) is 1.62. The molecule has 0 saturated heterocycles. The molecular formula is C16H18N2O2. The third-order valence-electron chi connectivity index (χ3n) is 2.87. The molecule has 0 aliphatic heterocycles. The van der Waals surface area contributed by atoms with E-state index in [4.69, 9.17) is 4.74 Å². The van der Waals surface area contributed by atoms with Crippen LogP contribution in [0.4, 0.5) is 5.69 Å². The Balaban J connectivity index is 2.16. The van der Waals surface area contributed by atoms with Crippen LogP contribution in [0.5, 0.6) is 11.5 Å². The van der Waals surface area contributed by atoms with Crippen molar-refractivity contribution in [3.8, 4) is 11.5 Å². The van der Waals surface area contributed by atoms with Crippen molar-refractivity contribution in [2.24, 2.45) is 0 Å². The molecule has 4 heteroatoms. The number of benzene rings is 2. The lowest BCUT2D eigenvalue weighted by atomic mass is 10.2. The number of ether oxygens (including phenoxy) is 1. The third-order valence-corrected chi connectivity index (χ3v) is 2.87. The third kappa shape index (κ3) is 3.51. The topological polar surface area (TPSA) is 50.4 Å². The molecule has 2 aromatic carbocycles. The van der Waals surface area contributed by atoms with E-state index < -0.39 is 0 Å². The SMILES string of the molecule is CNC(=O)[C@H](C)Nc1ccccc1Oc1ccccc1. The van der Waals surface area contributed by atoms with Gasteiger partial charge in [0.05, 0.1) is 5.69 Å². The van der Waals surface area contributed by atoms with E-state index in [1.807, 2.05) is 54.6 Å². The predicted molar refractivity (Wildman–Crippen MR) is 80.1 cm³/mol. The normalized spacial score (nSPS) is 11.5. The summed E-state index contributed by atoms with van der Waals surface area (Å²) in [6.07, 6.45) is 0. The number of carbonyl (C=O) groups excluding carboxylic acids is 1. The van der Waals surface area contributed by atoms with Gasteiger partial charge in [-0.2, -0.15) is 0 Å². The highest BCUT2D eigenvalue weighted by molar-refractivity contribution is 5.84. The van der Waals surface area contributed by atoms with Gasteiger partial charge in [0.1, 0.15) is 11.8 Å². The van der Waals surface area contributed by atoms with Crippen molar-refractivity contribution < 1.29 is 9.53 Å². The fraction of sp³-hybridized carbons (Fsp3) is 0.188. The molecule has 0 bridgehead atoms. The van der Waals surface area contributed by atoms with Crippen LogP contribution in [-0.4, -0.2) is 19.0 Å². The van der Waals surface area contributed by atoms with Gasteiger partial charge in [-0.1, -0.05) is 30.3 Å². The number of amides is 1. The summed E-state index contributed by atoms with van der Waals surface area (Å²) in [6, 6.07) is 16.8. The zero-order chi connectivity index (χ0) is 14.4. The zero-order valence-electron chi connectivity index (χ0n) is 11.6. The van der Waals surface area contributed by atoms with Gasteiger partial charge in [0.15, 0.2) is 5.75 Å². The zero-order valence-corrected chi connectivity index (χ0v) is 11.6. The molecule has 1 amide bonds. The Kier molecular flexibility index (Phi) is 4.60. The molecule has 104 valence electrons. The Morgan fingerprint density at radius 2 is 1.70 bits per heavy atom. The maximum absolute atomic E-state index is 11.6. The molecule has 20 heavy (non-hydrogen) atoms. The van der Waals surface area contributed by atoms with Crippen LogP contribution in [0, 0.1) is 0 Å². The van der Waals surface area contributed by atoms with E-state index in [0.717, 1.165) is 11.4 Å². The molecule has 0 fully saturated rings. The Morgan fingerprint density at radius 3 is 2.40 bits per heavy atom. The van der Waals surface area contributed by atoms with Crippen LogP contribution in [0.2, 0.25) is 0 Å². The molecule has 0 spiro atoms. The summed E-state index contributed by atoms with van der Waals surface area (Å²) < 4.78 is 5.83. The van der Waals surface area contributed by atoms with Gasteiger partial charge in [0.2, 0.25) is 5.91 Å². The first kappa shape index (κ1) is 13.9. The average molecular weight is 270 g/mol. The van der Waals surface area contributed by atoms with E-state index in [1.54, 1.807) is 14.0 Å². The van der Waals surface area contributed by atoms with Gasteiger partial charge in [0.25, 0.3) is 0 Å². The molecule has 1 atom stereocenters. The second kappa shape index (κ2) is 6.61. The van der Waals surface area contributed by atoms with E-state index >= 15 is 0 Å². The number of carbonyl (C=O) groups is 1. The minimum Gasteiger partial charge on any atom is -0.455 e. The number of likely N-dealkylation sites (N-methyl/N-ethyl adjacent to an activating group) is 1. The van der Waals surface area contributed by atoms with Gasteiger partial charge in [-0.3, -0.25) is 4.79 Å². The first-order valence-electron chi connectivity index (χ1n) is 6.51. The summed E-state index contributed by atoms with van der Waals surface area (Å²) in [6.45, 7) is 1.80. The summed E-state index contributed by atoms with van der Waals surface area (Å²) in [5.74, 6) is 1.38. The number of nitrogens with one attached hydrogen (secondary N) is 2. The van der Waals surface area contributed by atoms with Crippen molar-refractivity contribution in [3.05, 3.63) is 54.6 Å². The maximum Gasteiger partial charge on any atom is 0.241 e. The lowest BCUT2D eigenvalue weighted by molar-refractivity contribution is -0.121. The second-order valence-corrected chi connectivity index (χ2v) is 4.39. The number of hydrogen-bond donors (Lipinski definition) is 2. The molecule has 2 rings (SSSR count). The molecule has 4 nitrogen and oxygen atoms in total. The summed E-state index contributed by atoms with van der Waals surface area (Å²) in [5.41, 5.74) is 0.785. The smallest absolute Gasteiger partial charge is 0.241 e. The lowest BCUT2D eigenvalue weighted by Gasteiger charge is -2.17. The predicted octanol–water partition coefficient (Wildman–Crippen LogP) is 3.03. The minimum atomic E-state index is -0.333. The highest BCUT2D eigenvalue weighted by atomic mass is 16.5. The largest absolute Gasteiger partial charge is 0.455 e. The molecular weight excluding hydrogens is 252 g/mol. The number of anilines is 1. The first-order valence-corrected chi connectivity index (χ1v) is 6.51. The van der Waals surface area contributed by atoms with Gasteiger partial charge in [-0.05, 0) is 31.2 Å². The van der Waals surface area contributed by atoms with Crippen molar-refractivity contribution >= 4 is 11.6 Å². The molecule has 0 aromatic heterocycles. The molecule has 0 aliphatic rings. The van der Waals surface area contributed by atoms with Crippen LogP contribution < -0.4 is 15.4 Å². The van der Waals surface area contributed by atoms with Gasteiger partial charge < -0.3 is 15.4 Å². The Labute approximate surface area is 118 Å². The summed E-state index contributed by atoms with van der Waals surface area (Å²) >= 11 is 0. The van der Waals surface area contributed by atoms with Crippen LogP contribution in [0.25, 0.3) is 0 Å². The second-order valence-electron chi connectivity index (χ2n) is 4.39. The lowest BCUT2D eigenvalue weighted by Crippen LogP contribution is -2.35. The van der Waals surface area contributed by atoms with E-state index in [2.05, 4.69) is 10.6 Å². The number of rotatable bonds is 5. The quantitative estimate of drug-likeness (QED) is 0.878. The fourth-order valence-electron chi connectivity index (χ4n) is 1.81. The molecule has 0 heterocycles. The van der Waals surface area contributed by atoms with Crippen LogP contribution in [0.3, 0.4) is 0 Å². The van der Waals surface area contributed by atoms with Crippen molar-refractivity contribution in [3.63, 3.8) is 0 Å². The van der Waals surface area contributed by atoms with Gasteiger partial charge >= 0.3 is 0 Å². The minimum absolute atomic E-state index is 0.0699. The molecule has 2 aromatic rings. The van der Waals surface area contributed by atoms with Gasteiger partial charge in [-0.25, -0.2) is 0 Å². The Hall–Kier alpha value is -2.49. The average Bonchev–Trinajstić information content (AvgIpc) is 2.49. The fourth-order valence-corrected chi connectivity index (χ4v) is 1.81. The highest BCUT2D eigenvalue weighted by Gasteiger charge is 2.13. The van der Waals surface area contributed by atoms with Crippen molar-refractivity contribution in [2.45, 2.75) is 13.0 Å². The number of para-hydroxylation sites is 3. The van der Waals surface area contributed by atoms with Crippen LogP contribution >= 0.6 is 0 Å². The standard InChI is InChI=1S/C16H18N2O2/c1-12(16(19)17-2)18-14-10-6-7-11-15(14)20-13-8-4-3-5-9-13/h3-12,18H,1-2H3,(H,17,19)/t12-/m0/s1. The van der Waals surface area contributed by atoms with Gasteiger partial charge in [-0.15, -0.1) is 0 Å². The van der Waals surface area contributed by atoms with E-state index in [1.165, 1.54) is 0 Å². The molecule has 0 aliphatic carbocycles. The van der Waals surface area contributed by atoms with E-state index in [0.29, 0.717) is 5.75 Å². The van der Waals surface area contributed by atoms with E-state index in [9.17, 15) is 4.79 Å². The van der Waals surface area contributed by atoms with Crippen molar-refractivity contribution in [2.75, 3.05) is 12.4 Å². The first-order chi connectivity index (χ1) is 9.70. The Morgan fingerprint density at radius 1 is 1.05 bits per heavy atom.